The number of ether oxygens (including phenoxy) is 2. The summed E-state index contributed by atoms with van der Waals surface area (Å²) in [5.41, 5.74) is 4.52. The van der Waals surface area contributed by atoms with Gasteiger partial charge in [0.15, 0.2) is 11.5 Å². The van der Waals surface area contributed by atoms with E-state index in [4.69, 9.17) is 9.47 Å². The van der Waals surface area contributed by atoms with Gasteiger partial charge in [0, 0.05) is 44.8 Å². The maximum atomic E-state index is 12.2. The SMILES string of the molecule is COc1cc(/C=N/NC(=O)CCN2CCN(c3ccccc3)CC2)ccc1OC(=O)c1cccs1. The second kappa shape index (κ2) is 12.1. The number of methoxy groups -OCH3 is 1. The normalized spacial score (nSPS) is 14.1. The summed E-state index contributed by atoms with van der Waals surface area (Å²) in [5.74, 6) is 0.146. The average molecular weight is 493 g/mol. The molecule has 182 valence electrons. The number of para-hydroxylation sites is 1. The first-order chi connectivity index (χ1) is 17.1. The van der Waals surface area contributed by atoms with Gasteiger partial charge in [-0.3, -0.25) is 9.69 Å². The zero-order valence-corrected chi connectivity index (χ0v) is 20.4. The van der Waals surface area contributed by atoms with E-state index in [2.05, 4.69) is 44.6 Å². The van der Waals surface area contributed by atoms with Crippen LogP contribution >= 0.6 is 11.3 Å². The molecule has 3 aromatic rings. The second-order valence-corrected chi connectivity index (χ2v) is 8.93. The van der Waals surface area contributed by atoms with Crippen molar-refractivity contribution in [3.63, 3.8) is 0 Å². The largest absolute Gasteiger partial charge is 0.493 e. The number of hydrazone groups is 1. The Hall–Kier alpha value is -3.69. The molecule has 2 heterocycles. The topological polar surface area (TPSA) is 83.5 Å². The van der Waals surface area contributed by atoms with E-state index < -0.39 is 5.97 Å². The summed E-state index contributed by atoms with van der Waals surface area (Å²) in [5, 5.41) is 5.86. The third kappa shape index (κ3) is 6.91. The maximum Gasteiger partial charge on any atom is 0.353 e. The Bertz CT molecular complexity index is 1140. The lowest BCUT2D eigenvalue weighted by Gasteiger charge is -2.36. The Morgan fingerprint density at radius 3 is 2.54 bits per heavy atom. The van der Waals surface area contributed by atoms with E-state index in [1.54, 1.807) is 30.3 Å². The van der Waals surface area contributed by atoms with Crippen LogP contribution in [0.3, 0.4) is 0 Å². The van der Waals surface area contributed by atoms with E-state index in [-0.39, 0.29) is 5.91 Å². The van der Waals surface area contributed by atoms with Crippen LogP contribution in [0.1, 0.15) is 21.7 Å². The number of nitrogens with one attached hydrogen (secondary N) is 1. The van der Waals surface area contributed by atoms with E-state index in [0.29, 0.717) is 34.9 Å². The first-order valence-corrected chi connectivity index (χ1v) is 12.3. The molecular weight excluding hydrogens is 464 g/mol. The minimum Gasteiger partial charge on any atom is -0.493 e. The van der Waals surface area contributed by atoms with Gasteiger partial charge in [-0.25, -0.2) is 10.2 Å². The van der Waals surface area contributed by atoms with E-state index in [1.807, 2.05) is 11.4 Å². The summed E-state index contributed by atoms with van der Waals surface area (Å²) in [7, 11) is 1.50. The molecule has 1 fully saturated rings. The number of carbonyl (C=O) groups is 2. The molecular formula is C26H28N4O4S. The van der Waals surface area contributed by atoms with Gasteiger partial charge < -0.3 is 14.4 Å². The maximum absolute atomic E-state index is 12.2. The van der Waals surface area contributed by atoms with Gasteiger partial charge in [-0.15, -0.1) is 11.3 Å². The van der Waals surface area contributed by atoms with E-state index in [9.17, 15) is 9.59 Å². The highest BCUT2D eigenvalue weighted by molar-refractivity contribution is 7.12. The van der Waals surface area contributed by atoms with Crippen molar-refractivity contribution in [1.29, 1.82) is 0 Å². The second-order valence-electron chi connectivity index (χ2n) is 7.98. The summed E-state index contributed by atoms with van der Waals surface area (Å²) in [6, 6.07) is 19.0. The molecule has 9 heteroatoms. The molecule has 8 nitrogen and oxygen atoms in total. The Labute approximate surface area is 208 Å². The highest BCUT2D eigenvalue weighted by Gasteiger charge is 2.17. The number of thiophene rings is 1. The Morgan fingerprint density at radius 2 is 1.83 bits per heavy atom. The fraction of sp³-hybridized carbons (Fsp3) is 0.269. The number of piperazine rings is 1. The summed E-state index contributed by atoms with van der Waals surface area (Å²) >= 11 is 1.31. The molecule has 1 saturated heterocycles. The number of amides is 1. The number of carbonyl (C=O) groups excluding carboxylic acids is 2. The van der Waals surface area contributed by atoms with Gasteiger partial charge >= 0.3 is 5.97 Å². The molecule has 1 aliphatic rings. The lowest BCUT2D eigenvalue weighted by molar-refractivity contribution is -0.121. The standard InChI is InChI=1S/C26H28N4O4S/c1-33-23-18-20(9-10-22(23)34-26(32)24-8-5-17-35-24)19-27-28-25(31)11-12-29-13-15-30(16-14-29)21-6-3-2-4-7-21/h2-10,17-19H,11-16H2,1H3,(H,28,31)/b27-19+. The molecule has 4 rings (SSSR count). The van der Waals surface area contributed by atoms with Gasteiger partial charge in [0.05, 0.1) is 13.3 Å². The minimum atomic E-state index is -0.437. The van der Waals surface area contributed by atoms with Crippen molar-refractivity contribution >= 4 is 35.1 Å². The molecule has 1 aliphatic heterocycles. The van der Waals surface area contributed by atoms with E-state index in [0.717, 1.165) is 26.2 Å². The monoisotopic (exact) mass is 492 g/mol. The van der Waals surface area contributed by atoms with Gasteiger partial charge in [-0.05, 0) is 47.3 Å². The van der Waals surface area contributed by atoms with Crippen LogP contribution in [0.15, 0.2) is 71.1 Å². The van der Waals surface area contributed by atoms with Gasteiger partial charge in [0.1, 0.15) is 4.88 Å². The third-order valence-electron chi connectivity index (χ3n) is 5.66. The van der Waals surface area contributed by atoms with E-state index >= 15 is 0 Å². The van der Waals surface area contributed by atoms with E-state index in [1.165, 1.54) is 30.3 Å². The number of nitrogens with zero attached hydrogens (tertiary/aromatic N) is 3. The quantitative estimate of drug-likeness (QED) is 0.213. The lowest BCUT2D eigenvalue weighted by Crippen LogP contribution is -2.47. The van der Waals surface area contributed by atoms with Crippen LogP contribution in [0.2, 0.25) is 0 Å². The predicted octanol–water partition coefficient (Wildman–Crippen LogP) is 3.64. The van der Waals surface area contributed by atoms with Crippen LogP contribution in [0.25, 0.3) is 0 Å². The molecule has 2 aromatic carbocycles. The van der Waals surface area contributed by atoms with Gasteiger partial charge in [-0.2, -0.15) is 5.10 Å². The molecule has 0 bridgehead atoms. The summed E-state index contributed by atoms with van der Waals surface area (Å²) < 4.78 is 10.8. The zero-order chi connectivity index (χ0) is 24.5. The number of benzene rings is 2. The van der Waals surface area contributed by atoms with Crippen molar-refractivity contribution in [2.45, 2.75) is 6.42 Å². The van der Waals surface area contributed by atoms with Crippen molar-refractivity contribution in [2.24, 2.45) is 5.10 Å². The molecule has 0 atom stereocenters. The van der Waals surface area contributed by atoms with Crippen LogP contribution in [-0.4, -0.2) is 62.8 Å². The fourth-order valence-corrected chi connectivity index (χ4v) is 4.36. The zero-order valence-electron chi connectivity index (χ0n) is 19.6. The molecule has 0 aliphatic carbocycles. The Morgan fingerprint density at radius 1 is 1.03 bits per heavy atom. The number of anilines is 1. The molecule has 1 amide bonds. The van der Waals surface area contributed by atoms with Crippen molar-refractivity contribution in [3.8, 4) is 11.5 Å². The molecule has 0 unspecified atom stereocenters. The fourth-order valence-electron chi connectivity index (χ4n) is 3.76. The summed E-state index contributed by atoms with van der Waals surface area (Å²) in [4.78, 5) is 29.6. The van der Waals surface area contributed by atoms with Crippen molar-refractivity contribution in [3.05, 3.63) is 76.5 Å². The molecule has 1 aromatic heterocycles. The molecule has 1 N–H and O–H groups in total. The van der Waals surface area contributed by atoms with Crippen LogP contribution in [0.4, 0.5) is 5.69 Å². The smallest absolute Gasteiger partial charge is 0.353 e. The number of esters is 1. The summed E-state index contributed by atoms with van der Waals surface area (Å²) in [6.45, 7) is 4.44. The Balaban J connectivity index is 1.21. The van der Waals surface area contributed by atoms with Crippen molar-refractivity contribution in [2.75, 3.05) is 44.7 Å². The molecule has 0 saturated carbocycles. The molecule has 0 radical (unpaired) electrons. The molecule has 0 spiro atoms. The third-order valence-corrected chi connectivity index (χ3v) is 6.51. The van der Waals surface area contributed by atoms with Gasteiger partial charge in [0.2, 0.25) is 5.91 Å². The highest BCUT2D eigenvalue weighted by Crippen LogP contribution is 2.28. The number of rotatable bonds is 9. The lowest BCUT2D eigenvalue weighted by atomic mass is 10.2. The van der Waals surface area contributed by atoms with Crippen LogP contribution in [0.5, 0.6) is 11.5 Å². The predicted molar refractivity (Wildman–Crippen MR) is 138 cm³/mol. The number of hydrogen-bond donors (Lipinski definition) is 1. The number of hydrogen-bond acceptors (Lipinski definition) is 8. The minimum absolute atomic E-state index is 0.139. The van der Waals surface area contributed by atoms with Crippen LogP contribution in [-0.2, 0) is 4.79 Å². The first kappa shape index (κ1) is 24.4. The highest BCUT2D eigenvalue weighted by atomic mass is 32.1. The Kier molecular flexibility index (Phi) is 8.48. The first-order valence-electron chi connectivity index (χ1n) is 11.4. The average Bonchev–Trinajstić information content (AvgIpc) is 3.44. The van der Waals surface area contributed by atoms with Gasteiger partial charge in [-0.1, -0.05) is 24.3 Å². The van der Waals surface area contributed by atoms with Crippen molar-refractivity contribution in [1.82, 2.24) is 10.3 Å². The summed E-state index contributed by atoms with van der Waals surface area (Å²) in [6.07, 6.45) is 1.91. The molecule has 35 heavy (non-hydrogen) atoms. The van der Waals surface area contributed by atoms with Crippen molar-refractivity contribution < 1.29 is 19.1 Å². The van der Waals surface area contributed by atoms with Gasteiger partial charge in [0.25, 0.3) is 0 Å². The van der Waals surface area contributed by atoms with Crippen LogP contribution < -0.4 is 19.8 Å². The van der Waals surface area contributed by atoms with Crippen LogP contribution in [0, 0.1) is 0 Å².